The minimum absolute atomic E-state index is 0.0395. The van der Waals surface area contributed by atoms with Crippen LogP contribution in [-0.4, -0.2) is 53.8 Å². The quantitative estimate of drug-likeness (QED) is 0.340. The third kappa shape index (κ3) is 5.85. The lowest BCUT2D eigenvalue weighted by atomic mass is 9.93. The molecule has 218 valence electrons. The van der Waals surface area contributed by atoms with E-state index in [2.05, 4.69) is 10.3 Å². The van der Waals surface area contributed by atoms with Gasteiger partial charge in [0.05, 0.1) is 36.0 Å². The van der Waals surface area contributed by atoms with Crippen LogP contribution in [-0.2, 0) is 30.3 Å². The lowest BCUT2D eigenvalue weighted by Crippen LogP contribution is -2.55. The Morgan fingerprint density at radius 3 is 2.69 bits per heavy atom. The van der Waals surface area contributed by atoms with Crippen LogP contribution in [0, 0.1) is 11.7 Å². The van der Waals surface area contributed by atoms with Crippen molar-refractivity contribution in [1.29, 1.82) is 0 Å². The van der Waals surface area contributed by atoms with Crippen LogP contribution in [0.25, 0.3) is 11.1 Å². The molecule has 1 fully saturated rings. The number of rotatable bonds is 4. The molecule has 2 atom stereocenters. The average Bonchev–Trinajstić information content (AvgIpc) is 2.98. The average molecular weight is 593 g/mol. The molecule has 1 saturated heterocycles. The lowest BCUT2D eigenvalue weighted by molar-refractivity contribution is -0.148. The second-order valence-corrected chi connectivity index (χ2v) is 10.9. The van der Waals surface area contributed by atoms with Gasteiger partial charge >= 0.3 is 17.8 Å². The van der Waals surface area contributed by atoms with Gasteiger partial charge < -0.3 is 15.0 Å². The number of anilines is 2. The molecule has 3 aromatic rings. The summed E-state index contributed by atoms with van der Waals surface area (Å²) >= 11 is 5.92. The maximum absolute atomic E-state index is 14.7. The summed E-state index contributed by atoms with van der Waals surface area (Å²) < 4.78 is 19.5. The van der Waals surface area contributed by atoms with Crippen LogP contribution in [0.5, 0.6) is 0 Å². The first kappa shape index (κ1) is 29.2. The SMILES string of the molecule is COC(=O)Cc1ccc2c(c1)NC(=O)[C@H](C)CCC[C@H](N1CCN(c3cccc(Cl)c3F)C(=O)C1=O)c1cc-2ccn1. The number of aromatic nitrogens is 1. The van der Waals surface area contributed by atoms with Crippen molar-refractivity contribution in [2.24, 2.45) is 5.92 Å². The van der Waals surface area contributed by atoms with Gasteiger partial charge in [-0.1, -0.05) is 43.1 Å². The van der Waals surface area contributed by atoms with Gasteiger partial charge in [-0.05, 0) is 54.3 Å². The van der Waals surface area contributed by atoms with Gasteiger partial charge in [-0.3, -0.25) is 29.1 Å². The molecular formula is C31H30ClFN4O5. The Morgan fingerprint density at radius 2 is 1.90 bits per heavy atom. The molecule has 0 spiro atoms. The summed E-state index contributed by atoms with van der Waals surface area (Å²) in [6, 6.07) is 12.8. The van der Waals surface area contributed by atoms with Gasteiger partial charge in [0, 0.05) is 36.5 Å². The molecule has 0 saturated carbocycles. The summed E-state index contributed by atoms with van der Waals surface area (Å²) in [7, 11) is 1.32. The van der Waals surface area contributed by atoms with Crippen LogP contribution in [0.4, 0.5) is 15.8 Å². The number of carbonyl (C=O) groups is 4. The number of benzene rings is 2. The van der Waals surface area contributed by atoms with Gasteiger partial charge in [-0.15, -0.1) is 0 Å². The fourth-order valence-corrected chi connectivity index (χ4v) is 5.61. The molecule has 2 bridgehead atoms. The number of methoxy groups -OCH3 is 1. The highest BCUT2D eigenvalue weighted by molar-refractivity contribution is 6.41. The highest BCUT2D eigenvalue weighted by Crippen LogP contribution is 2.36. The first-order valence-electron chi connectivity index (χ1n) is 13.7. The molecule has 2 aliphatic rings. The molecule has 42 heavy (non-hydrogen) atoms. The molecule has 1 N–H and O–H groups in total. The van der Waals surface area contributed by atoms with E-state index in [0.29, 0.717) is 36.2 Å². The van der Waals surface area contributed by atoms with Crippen LogP contribution < -0.4 is 10.2 Å². The zero-order valence-electron chi connectivity index (χ0n) is 23.2. The van der Waals surface area contributed by atoms with E-state index in [9.17, 15) is 23.6 Å². The molecule has 1 aromatic heterocycles. The fraction of sp³-hybridized carbons (Fsp3) is 0.323. The molecule has 11 heteroatoms. The van der Waals surface area contributed by atoms with E-state index in [1.165, 1.54) is 30.2 Å². The normalized spacial score (nSPS) is 19.4. The second kappa shape index (κ2) is 12.3. The molecule has 3 amide bonds. The molecular weight excluding hydrogens is 563 g/mol. The molecule has 0 radical (unpaired) electrons. The molecule has 3 heterocycles. The van der Waals surface area contributed by atoms with Crippen molar-refractivity contribution in [2.45, 2.75) is 38.6 Å². The predicted octanol–water partition coefficient (Wildman–Crippen LogP) is 4.93. The largest absolute Gasteiger partial charge is 0.469 e. The number of hydrogen-bond acceptors (Lipinski definition) is 6. The Bertz CT molecular complexity index is 1560. The van der Waals surface area contributed by atoms with Crippen molar-refractivity contribution in [3.05, 3.63) is 76.8 Å². The van der Waals surface area contributed by atoms with E-state index < -0.39 is 29.6 Å². The Morgan fingerprint density at radius 1 is 1.10 bits per heavy atom. The van der Waals surface area contributed by atoms with E-state index in [4.69, 9.17) is 16.3 Å². The minimum Gasteiger partial charge on any atom is -0.469 e. The van der Waals surface area contributed by atoms with Crippen molar-refractivity contribution in [1.82, 2.24) is 9.88 Å². The smallest absolute Gasteiger partial charge is 0.316 e. The van der Waals surface area contributed by atoms with Crippen molar-refractivity contribution in [2.75, 3.05) is 30.4 Å². The maximum atomic E-state index is 14.7. The Hall–Kier alpha value is -4.31. The lowest BCUT2D eigenvalue weighted by Gasteiger charge is -2.38. The number of hydrogen-bond donors (Lipinski definition) is 1. The number of amides is 3. The fourth-order valence-electron chi connectivity index (χ4n) is 5.44. The number of carbonyl (C=O) groups excluding carboxylic acids is 4. The molecule has 9 nitrogen and oxygen atoms in total. The Balaban J connectivity index is 1.50. The van der Waals surface area contributed by atoms with Crippen LogP contribution in [0.3, 0.4) is 0 Å². The van der Waals surface area contributed by atoms with Crippen LogP contribution in [0.1, 0.15) is 43.5 Å². The van der Waals surface area contributed by atoms with Gasteiger partial charge in [-0.2, -0.15) is 0 Å². The van der Waals surface area contributed by atoms with E-state index >= 15 is 0 Å². The third-order valence-corrected chi connectivity index (χ3v) is 8.06. The molecule has 0 unspecified atom stereocenters. The zero-order valence-corrected chi connectivity index (χ0v) is 24.0. The number of nitrogens with one attached hydrogen (secondary N) is 1. The van der Waals surface area contributed by atoms with Gasteiger partial charge in [0.1, 0.15) is 0 Å². The maximum Gasteiger partial charge on any atom is 0.316 e. The van der Waals surface area contributed by atoms with Gasteiger partial charge in [-0.25, -0.2) is 4.39 Å². The number of nitrogens with zero attached hydrogens (tertiary/aromatic N) is 3. The summed E-state index contributed by atoms with van der Waals surface area (Å²) in [4.78, 5) is 59.0. The summed E-state index contributed by atoms with van der Waals surface area (Å²) in [6.07, 6.45) is 3.29. The van der Waals surface area contributed by atoms with Crippen LogP contribution >= 0.6 is 11.6 Å². The molecule has 0 aliphatic carbocycles. The Labute approximate surface area is 247 Å². The van der Waals surface area contributed by atoms with Gasteiger partial charge in [0.2, 0.25) is 5.91 Å². The molecule has 5 rings (SSSR count). The zero-order chi connectivity index (χ0) is 30.0. The van der Waals surface area contributed by atoms with E-state index in [0.717, 1.165) is 16.0 Å². The summed E-state index contributed by atoms with van der Waals surface area (Å²) in [5, 5.41) is 2.89. The number of ether oxygens (including phenoxy) is 1. The number of halogens is 2. The number of pyridine rings is 1. The van der Waals surface area contributed by atoms with Crippen molar-refractivity contribution >= 4 is 46.7 Å². The van der Waals surface area contributed by atoms with E-state index in [1.54, 1.807) is 24.4 Å². The Kier molecular flexibility index (Phi) is 8.54. The standard InChI is InChI=1S/C31H30ClFN4O5/c1-18-5-3-7-25(36-13-14-37(31(41)30(36)40)26-8-4-6-22(32)28(26)33)24-17-20(11-12-34-24)21-10-9-19(16-27(38)42-2)15-23(21)35-29(18)39/h4,6,8-12,15,17-18,25H,3,5,7,13-14,16H2,1-2H3,(H,35,39)/t18-,25+/m1/s1. The predicted molar refractivity (Wildman–Crippen MR) is 155 cm³/mol. The van der Waals surface area contributed by atoms with Crippen molar-refractivity contribution in [3.63, 3.8) is 0 Å². The first-order valence-corrected chi connectivity index (χ1v) is 14.1. The summed E-state index contributed by atoms with van der Waals surface area (Å²) in [6.45, 7) is 2.08. The minimum atomic E-state index is -0.846. The summed E-state index contributed by atoms with van der Waals surface area (Å²) in [5.74, 6) is -3.26. The summed E-state index contributed by atoms with van der Waals surface area (Å²) in [5.41, 5.74) is 3.26. The van der Waals surface area contributed by atoms with Crippen molar-refractivity contribution < 1.29 is 28.3 Å². The topological polar surface area (TPSA) is 109 Å². The van der Waals surface area contributed by atoms with Gasteiger partial charge in [0.15, 0.2) is 5.82 Å². The second-order valence-electron chi connectivity index (χ2n) is 10.5. The molecule has 2 aliphatic heterocycles. The van der Waals surface area contributed by atoms with E-state index in [-0.39, 0.29) is 42.0 Å². The van der Waals surface area contributed by atoms with Crippen molar-refractivity contribution in [3.8, 4) is 11.1 Å². The first-order chi connectivity index (χ1) is 20.2. The van der Waals surface area contributed by atoms with Crippen LogP contribution in [0.2, 0.25) is 5.02 Å². The monoisotopic (exact) mass is 592 g/mol. The number of esters is 1. The molecule has 2 aromatic carbocycles. The highest BCUT2D eigenvalue weighted by atomic mass is 35.5. The van der Waals surface area contributed by atoms with Crippen LogP contribution in [0.15, 0.2) is 54.7 Å². The highest BCUT2D eigenvalue weighted by Gasteiger charge is 2.39. The van der Waals surface area contributed by atoms with Gasteiger partial charge in [0.25, 0.3) is 0 Å². The number of piperazine rings is 1. The number of fused-ring (bicyclic) bond motifs is 4. The van der Waals surface area contributed by atoms with E-state index in [1.807, 2.05) is 19.1 Å². The third-order valence-electron chi connectivity index (χ3n) is 7.77.